The number of piperidine rings is 2. The topological polar surface area (TPSA) is 64.7 Å². The second-order valence-electron chi connectivity index (χ2n) is 7.59. The maximum absolute atomic E-state index is 12.4. The zero-order valence-corrected chi connectivity index (χ0v) is 15.5. The highest BCUT2D eigenvalue weighted by Gasteiger charge is 2.25. The molecule has 0 unspecified atom stereocenters. The van der Waals surface area contributed by atoms with Gasteiger partial charge in [0.15, 0.2) is 0 Å². The van der Waals surface area contributed by atoms with E-state index in [0.717, 1.165) is 44.9 Å². The van der Waals surface area contributed by atoms with Crippen LogP contribution in [0.5, 0.6) is 0 Å². The molecule has 2 aliphatic heterocycles. The predicted octanol–water partition coefficient (Wildman–Crippen LogP) is 1.66. The third-order valence-corrected chi connectivity index (χ3v) is 5.52. The van der Waals surface area contributed by atoms with E-state index < -0.39 is 0 Å². The SMILES string of the molecule is CNC(=O)CC1CCN(C(=O)NC[C@@H](C)N2CCC[C@@H](C)C2)CC1. The van der Waals surface area contributed by atoms with Crippen LogP contribution in [0.1, 0.15) is 46.0 Å². The number of carbonyl (C=O) groups excluding carboxylic acids is 2. The number of carbonyl (C=O) groups is 2. The van der Waals surface area contributed by atoms with Crippen molar-refractivity contribution in [3.05, 3.63) is 0 Å². The monoisotopic (exact) mass is 338 g/mol. The number of rotatable bonds is 5. The average Bonchev–Trinajstić information content (AvgIpc) is 2.59. The predicted molar refractivity (Wildman–Crippen MR) is 95.8 cm³/mol. The summed E-state index contributed by atoms with van der Waals surface area (Å²) in [4.78, 5) is 28.2. The molecule has 2 saturated heterocycles. The fourth-order valence-corrected chi connectivity index (χ4v) is 3.81. The highest BCUT2D eigenvalue weighted by molar-refractivity contribution is 5.76. The lowest BCUT2D eigenvalue weighted by Gasteiger charge is -2.36. The van der Waals surface area contributed by atoms with Gasteiger partial charge in [-0.15, -0.1) is 0 Å². The van der Waals surface area contributed by atoms with Crippen LogP contribution in [0.25, 0.3) is 0 Å². The summed E-state index contributed by atoms with van der Waals surface area (Å²) in [6.07, 6.45) is 5.00. The van der Waals surface area contributed by atoms with E-state index in [1.165, 1.54) is 12.8 Å². The molecule has 2 fully saturated rings. The van der Waals surface area contributed by atoms with E-state index in [2.05, 4.69) is 29.4 Å². The van der Waals surface area contributed by atoms with Gasteiger partial charge in [-0.05, 0) is 51.0 Å². The molecule has 3 amide bonds. The highest BCUT2D eigenvalue weighted by atomic mass is 16.2. The standard InChI is InChI=1S/C18H34N4O2/c1-14-5-4-8-22(13-14)15(2)12-20-18(24)21-9-6-16(7-10-21)11-17(23)19-3/h14-16H,4-13H2,1-3H3,(H,19,23)(H,20,24)/t14-,15-/m1/s1. The third kappa shape index (κ3) is 5.65. The minimum Gasteiger partial charge on any atom is -0.359 e. The van der Waals surface area contributed by atoms with E-state index >= 15 is 0 Å². The molecule has 6 nitrogen and oxygen atoms in total. The normalized spacial score (nSPS) is 24.5. The lowest BCUT2D eigenvalue weighted by molar-refractivity contribution is -0.121. The van der Waals surface area contributed by atoms with Crippen LogP contribution < -0.4 is 10.6 Å². The largest absolute Gasteiger partial charge is 0.359 e. The number of nitrogens with zero attached hydrogens (tertiary/aromatic N) is 2. The number of likely N-dealkylation sites (tertiary alicyclic amines) is 2. The van der Waals surface area contributed by atoms with Crippen molar-refractivity contribution in [2.45, 2.75) is 52.0 Å². The first-order chi connectivity index (χ1) is 11.5. The van der Waals surface area contributed by atoms with Gasteiger partial charge in [-0.1, -0.05) is 6.92 Å². The second kappa shape index (κ2) is 9.25. The first-order valence-electron chi connectivity index (χ1n) is 9.47. The van der Waals surface area contributed by atoms with Crippen molar-refractivity contribution in [3.8, 4) is 0 Å². The summed E-state index contributed by atoms with van der Waals surface area (Å²) in [6.45, 7) is 9.01. The number of nitrogens with one attached hydrogen (secondary N) is 2. The molecule has 0 aromatic carbocycles. The Bertz CT molecular complexity index is 421. The first kappa shape index (κ1) is 19.0. The van der Waals surface area contributed by atoms with E-state index in [1.807, 2.05) is 4.90 Å². The van der Waals surface area contributed by atoms with Crippen molar-refractivity contribution in [2.24, 2.45) is 11.8 Å². The summed E-state index contributed by atoms with van der Waals surface area (Å²) in [5.74, 6) is 1.27. The van der Waals surface area contributed by atoms with Crippen molar-refractivity contribution >= 4 is 11.9 Å². The lowest BCUT2D eigenvalue weighted by atomic mass is 9.93. The molecule has 2 atom stereocenters. The molecular formula is C18H34N4O2. The Labute approximate surface area is 146 Å². The maximum Gasteiger partial charge on any atom is 0.317 e. The van der Waals surface area contributed by atoms with Gasteiger partial charge in [0, 0.05) is 45.7 Å². The smallest absolute Gasteiger partial charge is 0.317 e. The summed E-state index contributed by atoms with van der Waals surface area (Å²) in [5, 5.41) is 5.77. The highest BCUT2D eigenvalue weighted by Crippen LogP contribution is 2.20. The molecule has 0 bridgehead atoms. The van der Waals surface area contributed by atoms with E-state index in [0.29, 0.717) is 24.9 Å². The van der Waals surface area contributed by atoms with Gasteiger partial charge in [0.05, 0.1) is 0 Å². The van der Waals surface area contributed by atoms with Gasteiger partial charge in [0.1, 0.15) is 0 Å². The van der Waals surface area contributed by atoms with Gasteiger partial charge in [-0.25, -0.2) is 4.79 Å². The Morgan fingerprint density at radius 3 is 2.50 bits per heavy atom. The summed E-state index contributed by atoms with van der Waals surface area (Å²) < 4.78 is 0. The molecule has 2 aliphatic rings. The number of hydrogen-bond acceptors (Lipinski definition) is 3. The molecule has 0 aromatic rings. The maximum atomic E-state index is 12.4. The first-order valence-corrected chi connectivity index (χ1v) is 9.47. The number of hydrogen-bond donors (Lipinski definition) is 2. The van der Waals surface area contributed by atoms with E-state index in [4.69, 9.17) is 0 Å². The van der Waals surface area contributed by atoms with Gasteiger partial charge in [-0.2, -0.15) is 0 Å². The third-order valence-electron chi connectivity index (χ3n) is 5.52. The van der Waals surface area contributed by atoms with Gasteiger partial charge >= 0.3 is 6.03 Å². The van der Waals surface area contributed by atoms with Crippen LogP contribution in [0.4, 0.5) is 4.79 Å². The Kier molecular flexibility index (Phi) is 7.34. The number of urea groups is 1. The molecule has 2 N–H and O–H groups in total. The average molecular weight is 338 g/mol. The molecule has 24 heavy (non-hydrogen) atoms. The van der Waals surface area contributed by atoms with Crippen molar-refractivity contribution in [1.82, 2.24) is 20.4 Å². The van der Waals surface area contributed by atoms with Crippen LogP contribution in [0.2, 0.25) is 0 Å². The van der Waals surface area contributed by atoms with Gasteiger partial charge in [-0.3, -0.25) is 9.69 Å². The number of amides is 3. The lowest BCUT2D eigenvalue weighted by Crippen LogP contribution is -2.50. The summed E-state index contributed by atoms with van der Waals surface area (Å²) in [6, 6.07) is 0.438. The fourth-order valence-electron chi connectivity index (χ4n) is 3.81. The van der Waals surface area contributed by atoms with Crippen molar-refractivity contribution < 1.29 is 9.59 Å². The van der Waals surface area contributed by atoms with Gasteiger partial charge in [0.25, 0.3) is 0 Å². The van der Waals surface area contributed by atoms with Gasteiger partial charge in [0.2, 0.25) is 5.91 Å². The Hall–Kier alpha value is -1.30. The Morgan fingerprint density at radius 1 is 1.17 bits per heavy atom. The molecule has 6 heteroatoms. The Balaban J connectivity index is 1.67. The van der Waals surface area contributed by atoms with Crippen LogP contribution in [0, 0.1) is 11.8 Å². The molecule has 0 radical (unpaired) electrons. The molecular weight excluding hydrogens is 304 g/mol. The van der Waals surface area contributed by atoms with Crippen LogP contribution in [0.3, 0.4) is 0 Å². The van der Waals surface area contributed by atoms with E-state index in [1.54, 1.807) is 7.05 Å². The molecule has 0 aromatic heterocycles. The molecule has 2 rings (SSSR count). The minimum atomic E-state index is 0.0466. The quantitative estimate of drug-likeness (QED) is 0.801. The fraction of sp³-hybridized carbons (Fsp3) is 0.889. The van der Waals surface area contributed by atoms with Crippen LogP contribution in [-0.4, -0.2) is 67.6 Å². The summed E-state index contributed by atoms with van der Waals surface area (Å²) >= 11 is 0. The zero-order valence-electron chi connectivity index (χ0n) is 15.5. The van der Waals surface area contributed by atoms with E-state index in [9.17, 15) is 9.59 Å². The molecule has 2 heterocycles. The van der Waals surface area contributed by atoms with Crippen molar-refractivity contribution in [2.75, 3.05) is 39.8 Å². The van der Waals surface area contributed by atoms with Crippen LogP contribution in [0.15, 0.2) is 0 Å². The van der Waals surface area contributed by atoms with Crippen molar-refractivity contribution in [1.29, 1.82) is 0 Å². The molecule has 0 saturated carbocycles. The molecule has 138 valence electrons. The molecule has 0 spiro atoms. The Morgan fingerprint density at radius 2 is 1.88 bits per heavy atom. The second-order valence-corrected chi connectivity index (χ2v) is 7.59. The van der Waals surface area contributed by atoms with Crippen molar-refractivity contribution in [3.63, 3.8) is 0 Å². The van der Waals surface area contributed by atoms with Gasteiger partial charge < -0.3 is 15.5 Å². The minimum absolute atomic E-state index is 0.0466. The van der Waals surface area contributed by atoms with Crippen LogP contribution in [-0.2, 0) is 4.79 Å². The summed E-state index contributed by atoms with van der Waals surface area (Å²) in [7, 11) is 1.68. The summed E-state index contributed by atoms with van der Waals surface area (Å²) in [5.41, 5.74) is 0. The van der Waals surface area contributed by atoms with Crippen LogP contribution >= 0.6 is 0 Å². The molecule has 0 aliphatic carbocycles. The zero-order chi connectivity index (χ0) is 17.5. The van der Waals surface area contributed by atoms with E-state index in [-0.39, 0.29) is 11.9 Å².